The number of rotatable bonds is 4. The van der Waals surface area contributed by atoms with Crippen molar-refractivity contribution in [1.82, 2.24) is 4.98 Å². The molecular weight excluding hydrogens is 231 g/mol. The number of carbonyl (C=O) groups is 1. The Kier molecular flexibility index (Phi) is 4.26. The monoisotopic (exact) mass is 245 g/mol. The molecule has 0 saturated heterocycles. The molecule has 17 heavy (non-hydrogen) atoms. The highest BCUT2D eigenvalue weighted by atomic mass is 19.4. The molecule has 0 aliphatic heterocycles. The molecule has 0 fully saturated rings. The summed E-state index contributed by atoms with van der Waals surface area (Å²) in [6, 6.07) is 0.839. The zero-order valence-corrected chi connectivity index (χ0v) is 9.71. The van der Waals surface area contributed by atoms with E-state index < -0.39 is 23.4 Å². The summed E-state index contributed by atoms with van der Waals surface area (Å²) < 4.78 is 38.0. The molecule has 0 amide bonds. The minimum absolute atomic E-state index is 0.332. The van der Waals surface area contributed by atoms with Gasteiger partial charge in [-0.25, -0.2) is 0 Å². The van der Waals surface area contributed by atoms with Crippen molar-refractivity contribution in [3.8, 4) is 0 Å². The summed E-state index contributed by atoms with van der Waals surface area (Å²) in [6.07, 6.45) is -1.14. The van der Waals surface area contributed by atoms with Crippen LogP contribution in [0.2, 0.25) is 0 Å². The van der Waals surface area contributed by atoms with Crippen molar-refractivity contribution in [2.75, 3.05) is 0 Å². The predicted octanol–water partition coefficient (Wildman–Crippen LogP) is 3.72. The lowest BCUT2D eigenvalue weighted by molar-refractivity contribution is -0.138. The summed E-state index contributed by atoms with van der Waals surface area (Å²) in [4.78, 5) is 15.5. The quantitative estimate of drug-likeness (QED) is 0.757. The van der Waals surface area contributed by atoms with Crippen LogP contribution in [0.5, 0.6) is 0 Å². The molecule has 1 atom stereocenters. The fourth-order valence-electron chi connectivity index (χ4n) is 1.67. The minimum Gasteiger partial charge on any atom is -0.294 e. The van der Waals surface area contributed by atoms with E-state index in [9.17, 15) is 18.0 Å². The number of ketones is 1. The first-order valence-electron chi connectivity index (χ1n) is 5.43. The largest absolute Gasteiger partial charge is 0.417 e. The van der Waals surface area contributed by atoms with Gasteiger partial charge >= 0.3 is 6.18 Å². The Hall–Kier alpha value is -1.39. The highest BCUT2D eigenvalue weighted by Gasteiger charge is 2.35. The minimum atomic E-state index is -4.51. The smallest absolute Gasteiger partial charge is 0.294 e. The SMILES string of the molecule is CCCC(C)C(=O)c1cnccc1C(F)(F)F. The van der Waals surface area contributed by atoms with Crippen molar-refractivity contribution in [1.29, 1.82) is 0 Å². The first-order chi connectivity index (χ1) is 7.88. The van der Waals surface area contributed by atoms with Crippen LogP contribution in [0.1, 0.15) is 42.6 Å². The second-order valence-corrected chi connectivity index (χ2v) is 3.97. The van der Waals surface area contributed by atoms with Gasteiger partial charge < -0.3 is 0 Å². The van der Waals surface area contributed by atoms with Crippen LogP contribution < -0.4 is 0 Å². The van der Waals surface area contributed by atoms with E-state index in [2.05, 4.69) is 4.98 Å². The molecule has 0 aliphatic carbocycles. The van der Waals surface area contributed by atoms with Crippen LogP contribution in [0.3, 0.4) is 0 Å². The van der Waals surface area contributed by atoms with Crippen molar-refractivity contribution in [2.24, 2.45) is 5.92 Å². The molecular formula is C12H14F3NO. The van der Waals surface area contributed by atoms with Gasteiger partial charge in [0.25, 0.3) is 0 Å². The first kappa shape index (κ1) is 13.7. The highest BCUT2D eigenvalue weighted by molar-refractivity contribution is 5.98. The van der Waals surface area contributed by atoms with E-state index in [-0.39, 0.29) is 5.56 Å². The Bertz CT molecular complexity index is 401. The molecule has 1 rings (SSSR count). The fourth-order valence-corrected chi connectivity index (χ4v) is 1.67. The van der Waals surface area contributed by atoms with Gasteiger partial charge in [0.15, 0.2) is 5.78 Å². The number of nitrogens with zero attached hydrogens (tertiary/aromatic N) is 1. The predicted molar refractivity (Wildman–Crippen MR) is 57.6 cm³/mol. The Morgan fingerprint density at radius 3 is 2.65 bits per heavy atom. The van der Waals surface area contributed by atoms with E-state index in [1.807, 2.05) is 6.92 Å². The van der Waals surface area contributed by atoms with Crippen molar-refractivity contribution < 1.29 is 18.0 Å². The van der Waals surface area contributed by atoms with E-state index >= 15 is 0 Å². The zero-order valence-electron chi connectivity index (χ0n) is 9.71. The summed E-state index contributed by atoms with van der Waals surface area (Å²) >= 11 is 0. The third-order valence-electron chi connectivity index (χ3n) is 2.56. The molecule has 0 N–H and O–H groups in total. The number of halogens is 3. The first-order valence-corrected chi connectivity index (χ1v) is 5.43. The molecule has 0 aliphatic rings. The van der Waals surface area contributed by atoms with Crippen LogP contribution in [-0.4, -0.2) is 10.8 Å². The number of hydrogen-bond acceptors (Lipinski definition) is 2. The van der Waals surface area contributed by atoms with Gasteiger partial charge in [-0.1, -0.05) is 20.3 Å². The molecule has 0 spiro atoms. The van der Waals surface area contributed by atoms with Crippen molar-refractivity contribution in [3.63, 3.8) is 0 Å². The third kappa shape index (κ3) is 3.28. The average Bonchev–Trinajstić information content (AvgIpc) is 2.27. The lowest BCUT2D eigenvalue weighted by Gasteiger charge is -2.14. The summed E-state index contributed by atoms with van der Waals surface area (Å²) in [5.41, 5.74) is -1.23. The third-order valence-corrected chi connectivity index (χ3v) is 2.56. The van der Waals surface area contributed by atoms with Crippen LogP contribution in [0, 0.1) is 5.92 Å². The summed E-state index contributed by atoms with van der Waals surface area (Å²) in [6.45, 7) is 3.52. The van der Waals surface area contributed by atoms with Crippen LogP contribution in [0.15, 0.2) is 18.5 Å². The van der Waals surface area contributed by atoms with Crippen LogP contribution in [0.25, 0.3) is 0 Å². The van der Waals surface area contributed by atoms with Crippen molar-refractivity contribution >= 4 is 5.78 Å². The lowest BCUT2D eigenvalue weighted by Crippen LogP contribution is -2.18. The van der Waals surface area contributed by atoms with Gasteiger partial charge in [-0.3, -0.25) is 9.78 Å². The topological polar surface area (TPSA) is 30.0 Å². The molecule has 0 saturated carbocycles. The number of hydrogen-bond donors (Lipinski definition) is 0. The zero-order chi connectivity index (χ0) is 13.1. The van der Waals surface area contributed by atoms with Crippen LogP contribution >= 0.6 is 0 Å². The molecule has 0 aromatic carbocycles. The Morgan fingerprint density at radius 1 is 1.47 bits per heavy atom. The van der Waals surface area contributed by atoms with Gasteiger partial charge in [0.2, 0.25) is 0 Å². The average molecular weight is 245 g/mol. The van der Waals surface area contributed by atoms with Crippen LogP contribution in [0.4, 0.5) is 13.2 Å². The van der Waals surface area contributed by atoms with E-state index in [0.717, 1.165) is 24.9 Å². The second-order valence-electron chi connectivity index (χ2n) is 3.97. The van der Waals surface area contributed by atoms with Gasteiger partial charge in [-0.2, -0.15) is 13.2 Å². The summed E-state index contributed by atoms with van der Waals surface area (Å²) in [5.74, 6) is -0.905. The molecule has 1 unspecified atom stereocenters. The molecule has 94 valence electrons. The number of pyridine rings is 1. The van der Waals surface area contributed by atoms with Gasteiger partial charge in [-0.05, 0) is 12.5 Å². The molecule has 1 heterocycles. The summed E-state index contributed by atoms with van der Waals surface area (Å²) in [5, 5.41) is 0. The molecule has 2 nitrogen and oxygen atoms in total. The van der Waals surface area contributed by atoms with Gasteiger partial charge in [-0.15, -0.1) is 0 Å². The van der Waals surface area contributed by atoms with Crippen LogP contribution in [-0.2, 0) is 6.18 Å². The number of carbonyl (C=O) groups excluding carboxylic acids is 1. The Labute approximate surface area is 97.9 Å². The van der Waals surface area contributed by atoms with Crippen molar-refractivity contribution in [2.45, 2.75) is 32.9 Å². The van der Waals surface area contributed by atoms with Gasteiger partial charge in [0.1, 0.15) is 0 Å². The van der Waals surface area contributed by atoms with Crippen molar-refractivity contribution in [3.05, 3.63) is 29.6 Å². The van der Waals surface area contributed by atoms with Gasteiger partial charge in [0, 0.05) is 23.9 Å². The maximum absolute atomic E-state index is 12.7. The Morgan fingerprint density at radius 2 is 2.12 bits per heavy atom. The summed E-state index contributed by atoms with van der Waals surface area (Å²) in [7, 11) is 0. The standard InChI is InChI=1S/C12H14F3NO/c1-3-4-8(2)11(17)9-7-16-6-5-10(9)12(13,14)15/h5-8H,3-4H2,1-2H3. The van der Waals surface area contributed by atoms with E-state index in [1.165, 1.54) is 0 Å². The van der Waals surface area contributed by atoms with E-state index in [0.29, 0.717) is 6.42 Å². The maximum atomic E-state index is 12.7. The molecule has 0 bridgehead atoms. The fraction of sp³-hybridized carbons (Fsp3) is 0.500. The highest BCUT2D eigenvalue weighted by Crippen LogP contribution is 2.32. The van der Waals surface area contributed by atoms with Gasteiger partial charge in [0.05, 0.1) is 5.56 Å². The normalized spacial score (nSPS) is 13.5. The molecule has 5 heteroatoms. The van der Waals surface area contributed by atoms with E-state index in [4.69, 9.17) is 0 Å². The lowest BCUT2D eigenvalue weighted by atomic mass is 9.93. The molecule has 1 aromatic heterocycles. The number of alkyl halides is 3. The number of Topliss-reactive ketones (excluding diaryl/α,β-unsaturated/α-hetero) is 1. The molecule has 0 radical (unpaired) electrons. The maximum Gasteiger partial charge on any atom is 0.417 e. The molecule has 1 aromatic rings. The van der Waals surface area contributed by atoms with E-state index in [1.54, 1.807) is 6.92 Å². The Balaban J connectivity index is 3.10. The second kappa shape index (κ2) is 5.29. The number of aromatic nitrogens is 1.